The second-order valence-corrected chi connectivity index (χ2v) is 4.97. The Morgan fingerprint density at radius 3 is 2.56 bits per heavy atom. The zero-order valence-electron chi connectivity index (χ0n) is 9.47. The SMILES string of the molecule is Cc1cc(Cl)c(F)c(C(C)(C)CC(=O)O)c1. The Kier molecular flexibility index (Phi) is 3.58. The number of rotatable bonds is 3. The Morgan fingerprint density at radius 1 is 1.50 bits per heavy atom. The number of carbonyl (C=O) groups is 1. The average molecular weight is 245 g/mol. The summed E-state index contributed by atoms with van der Waals surface area (Å²) in [6.45, 7) is 5.18. The standard InChI is InChI=1S/C12H14ClFO2/c1-7-4-8(11(14)9(13)5-7)12(2,3)6-10(15)16/h4-5H,6H2,1-3H3,(H,15,16). The first-order valence-electron chi connectivity index (χ1n) is 4.92. The number of aliphatic carboxylic acids is 1. The molecule has 0 spiro atoms. The quantitative estimate of drug-likeness (QED) is 0.883. The van der Waals surface area contributed by atoms with Crippen LogP contribution in [0.5, 0.6) is 0 Å². The molecule has 0 radical (unpaired) electrons. The van der Waals surface area contributed by atoms with Crippen molar-refractivity contribution in [1.29, 1.82) is 0 Å². The van der Waals surface area contributed by atoms with Crippen LogP contribution in [-0.2, 0) is 10.2 Å². The van der Waals surface area contributed by atoms with Crippen molar-refractivity contribution in [2.24, 2.45) is 0 Å². The van der Waals surface area contributed by atoms with Gasteiger partial charge in [-0.3, -0.25) is 4.79 Å². The molecule has 0 bridgehead atoms. The Labute approximate surface area is 99.0 Å². The average Bonchev–Trinajstić information content (AvgIpc) is 2.08. The molecule has 1 aromatic rings. The van der Waals surface area contributed by atoms with Gasteiger partial charge in [0.2, 0.25) is 0 Å². The van der Waals surface area contributed by atoms with Crippen LogP contribution in [0, 0.1) is 12.7 Å². The molecule has 0 heterocycles. The second kappa shape index (κ2) is 4.42. The Hall–Kier alpha value is -1.09. The highest BCUT2D eigenvalue weighted by molar-refractivity contribution is 6.30. The topological polar surface area (TPSA) is 37.3 Å². The van der Waals surface area contributed by atoms with E-state index in [1.807, 2.05) is 0 Å². The lowest BCUT2D eigenvalue weighted by molar-refractivity contribution is -0.138. The molecule has 2 nitrogen and oxygen atoms in total. The number of hydrogen-bond donors (Lipinski definition) is 1. The molecule has 88 valence electrons. The van der Waals surface area contributed by atoms with Gasteiger partial charge in [-0.1, -0.05) is 31.5 Å². The molecule has 0 aromatic heterocycles. The fourth-order valence-electron chi connectivity index (χ4n) is 1.69. The van der Waals surface area contributed by atoms with E-state index in [4.69, 9.17) is 16.7 Å². The maximum absolute atomic E-state index is 13.8. The van der Waals surface area contributed by atoms with E-state index in [2.05, 4.69) is 0 Å². The lowest BCUT2D eigenvalue weighted by atomic mass is 9.80. The van der Waals surface area contributed by atoms with Crippen molar-refractivity contribution in [3.05, 3.63) is 34.1 Å². The van der Waals surface area contributed by atoms with Gasteiger partial charge in [0.25, 0.3) is 0 Å². The maximum Gasteiger partial charge on any atom is 0.304 e. The van der Waals surface area contributed by atoms with Crippen molar-refractivity contribution in [2.45, 2.75) is 32.6 Å². The Morgan fingerprint density at radius 2 is 2.06 bits per heavy atom. The molecule has 0 atom stereocenters. The molecular weight excluding hydrogens is 231 g/mol. The van der Waals surface area contributed by atoms with Crippen LogP contribution in [0.4, 0.5) is 4.39 Å². The predicted octanol–water partition coefficient (Wildman–Crippen LogP) is 3.54. The summed E-state index contributed by atoms with van der Waals surface area (Å²) in [4.78, 5) is 10.7. The van der Waals surface area contributed by atoms with E-state index in [0.717, 1.165) is 5.56 Å². The van der Waals surface area contributed by atoms with Crippen molar-refractivity contribution in [3.63, 3.8) is 0 Å². The van der Waals surface area contributed by atoms with Gasteiger partial charge in [0.15, 0.2) is 0 Å². The van der Waals surface area contributed by atoms with Gasteiger partial charge in [0, 0.05) is 5.41 Å². The number of carboxylic acids is 1. The zero-order valence-corrected chi connectivity index (χ0v) is 10.2. The van der Waals surface area contributed by atoms with Crippen molar-refractivity contribution in [2.75, 3.05) is 0 Å². The van der Waals surface area contributed by atoms with Crippen LogP contribution in [0.3, 0.4) is 0 Å². The van der Waals surface area contributed by atoms with Crippen LogP contribution in [0.2, 0.25) is 5.02 Å². The van der Waals surface area contributed by atoms with E-state index < -0.39 is 17.2 Å². The molecule has 0 aliphatic rings. The van der Waals surface area contributed by atoms with E-state index in [0.29, 0.717) is 5.56 Å². The Balaban J connectivity index is 3.26. The predicted molar refractivity (Wildman–Crippen MR) is 61.4 cm³/mol. The number of halogens is 2. The van der Waals surface area contributed by atoms with Gasteiger partial charge >= 0.3 is 5.97 Å². The van der Waals surface area contributed by atoms with Gasteiger partial charge < -0.3 is 5.11 Å². The van der Waals surface area contributed by atoms with Crippen molar-refractivity contribution in [1.82, 2.24) is 0 Å². The fourth-order valence-corrected chi connectivity index (χ4v) is 1.96. The van der Waals surface area contributed by atoms with Gasteiger partial charge in [-0.2, -0.15) is 0 Å². The van der Waals surface area contributed by atoms with E-state index in [-0.39, 0.29) is 11.4 Å². The van der Waals surface area contributed by atoms with E-state index in [1.54, 1.807) is 26.8 Å². The number of benzene rings is 1. The van der Waals surface area contributed by atoms with E-state index >= 15 is 0 Å². The summed E-state index contributed by atoms with van der Waals surface area (Å²) in [6, 6.07) is 3.17. The molecule has 1 rings (SSSR count). The zero-order chi connectivity index (χ0) is 12.5. The largest absolute Gasteiger partial charge is 0.481 e. The molecule has 4 heteroatoms. The highest BCUT2D eigenvalue weighted by Crippen LogP contribution is 2.33. The normalized spacial score (nSPS) is 11.6. The van der Waals surface area contributed by atoms with Crippen LogP contribution in [-0.4, -0.2) is 11.1 Å². The summed E-state index contributed by atoms with van der Waals surface area (Å²) < 4.78 is 13.8. The monoisotopic (exact) mass is 244 g/mol. The second-order valence-electron chi connectivity index (χ2n) is 4.56. The van der Waals surface area contributed by atoms with E-state index in [1.165, 1.54) is 6.07 Å². The number of aryl methyl sites for hydroxylation is 1. The molecule has 0 unspecified atom stereocenters. The third-order valence-electron chi connectivity index (χ3n) is 2.49. The van der Waals surface area contributed by atoms with Gasteiger partial charge in [0.1, 0.15) is 5.82 Å². The van der Waals surface area contributed by atoms with Crippen LogP contribution in [0.25, 0.3) is 0 Å². The highest BCUT2D eigenvalue weighted by Gasteiger charge is 2.28. The minimum atomic E-state index is -0.956. The molecule has 1 N–H and O–H groups in total. The lowest BCUT2D eigenvalue weighted by Gasteiger charge is -2.24. The summed E-state index contributed by atoms with van der Waals surface area (Å²) in [5.41, 5.74) is 0.394. The third-order valence-corrected chi connectivity index (χ3v) is 2.77. The Bertz CT molecular complexity index is 427. The minimum absolute atomic E-state index is 0.0356. The molecule has 16 heavy (non-hydrogen) atoms. The number of hydrogen-bond acceptors (Lipinski definition) is 1. The van der Waals surface area contributed by atoms with Crippen LogP contribution < -0.4 is 0 Å². The molecule has 0 saturated heterocycles. The molecule has 0 saturated carbocycles. The fraction of sp³-hybridized carbons (Fsp3) is 0.417. The minimum Gasteiger partial charge on any atom is -0.481 e. The highest BCUT2D eigenvalue weighted by atomic mass is 35.5. The summed E-state index contributed by atoms with van der Waals surface area (Å²) in [5.74, 6) is -1.49. The summed E-state index contributed by atoms with van der Waals surface area (Å²) in [6.07, 6.45) is -0.135. The summed E-state index contributed by atoms with van der Waals surface area (Å²) >= 11 is 5.74. The molecule has 1 aromatic carbocycles. The first kappa shape index (κ1) is 13.0. The van der Waals surface area contributed by atoms with Crippen molar-refractivity contribution >= 4 is 17.6 Å². The first-order chi connectivity index (χ1) is 7.24. The van der Waals surface area contributed by atoms with Gasteiger partial charge in [-0.15, -0.1) is 0 Å². The first-order valence-corrected chi connectivity index (χ1v) is 5.30. The van der Waals surface area contributed by atoms with E-state index in [9.17, 15) is 9.18 Å². The third kappa shape index (κ3) is 2.73. The van der Waals surface area contributed by atoms with Crippen molar-refractivity contribution < 1.29 is 14.3 Å². The van der Waals surface area contributed by atoms with Crippen LogP contribution >= 0.6 is 11.6 Å². The van der Waals surface area contributed by atoms with Gasteiger partial charge in [-0.05, 0) is 24.1 Å². The molecule has 0 fully saturated rings. The molecule has 0 amide bonds. The van der Waals surface area contributed by atoms with Gasteiger partial charge in [0.05, 0.1) is 11.4 Å². The summed E-state index contributed by atoms with van der Waals surface area (Å²) in [5, 5.41) is 8.82. The van der Waals surface area contributed by atoms with Crippen molar-refractivity contribution in [3.8, 4) is 0 Å². The summed E-state index contributed by atoms with van der Waals surface area (Å²) in [7, 11) is 0. The smallest absolute Gasteiger partial charge is 0.304 e. The lowest BCUT2D eigenvalue weighted by Crippen LogP contribution is -2.23. The van der Waals surface area contributed by atoms with Gasteiger partial charge in [-0.25, -0.2) is 4.39 Å². The molecule has 0 aliphatic heterocycles. The maximum atomic E-state index is 13.8. The van der Waals surface area contributed by atoms with Crippen LogP contribution in [0.15, 0.2) is 12.1 Å². The van der Waals surface area contributed by atoms with Crippen LogP contribution in [0.1, 0.15) is 31.4 Å². The molecular formula is C12H14ClFO2. The number of carboxylic acid groups (broad SMARTS) is 1. The molecule has 0 aliphatic carbocycles.